The molecule has 28 heavy (non-hydrogen) atoms. The molecule has 0 N–H and O–H groups in total. The highest BCUT2D eigenvalue weighted by atomic mass is 16.5. The van der Waals surface area contributed by atoms with E-state index in [2.05, 4.69) is 4.98 Å². The van der Waals surface area contributed by atoms with Crippen LogP contribution in [0.2, 0.25) is 0 Å². The first-order valence-electron chi connectivity index (χ1n) is 9.21. The normalized spacial score (nSPS) is 11.3. The highest BCUT2D eigenvalue weighted by molar-refractivity contribution is 6.20. The SMILES string of the molecule is CCOC(=O)C(=Cc1ccc(OC)c(C)c1)c1nccn1Cc1ccccc1. The van der Waals surface area contributed by atoms with Crippen LogP contribution in [0.3, 0.4) is 0 Å². The maximum Gasteiger partial charge on any atom is 0.341 e. The molecule has 0 aliphatic rings. The topological polar surface area (TPSA) is 53.4 Å². The van der Waals surface area contributed by atoms with Gasteiger partial charge >= 0.3 is 5.97 Å². The number of aryl methyl sites for hydroxylation is 1. The fraction of sp³-hybridized carbons (Fsp3) is 0.217. The first-order chi connectivity index (χ1) is 13.6. The molecule has 0 saturated carbocycles. The number of nitrogens with zero attached hydrogens (tertiary/aromatic N) is 2. The quantitative estimate of drug-likeness (QED) is 0.454. The second-order valence-electron chi connectivity index (χ2n) is 6.37. The van der Waals surface area contributed by atoms with Gasteiger partial charge in [0.15, 0.2) is 0 Å². The third-order valence-electron chi connectivity index (χ3n) is 4.38. The van der Waals surface area contributed by atoms with E-state index in [1.807, 2.05) is 72.3 Å². The second kappa shape index (κ2) is 9.04. The van der Waals surface area contributed by atoms with Gasteiger partial charge in [0.05, 0.1) is 13.7 Å². The molecule has 0 bridgehead atoms. The van der Waals surface area contributed by atoms with Gasteiger partial charge in [0.2, 0.25) is 0 Å². The van der Waals surface area contributed by atoms with Gasteiger partial charge in [-0.3, -0.25) is 0 Å². The molecule has 0 aliphatic heterocycles. The fourth-order valence-corrected chi connectivity index (χ4v) is 3.04. The zero-order valence-electron chi connectivity index (χ0n) is 16.4. The minimum absolute atomic E-state index is 0.303. The van der Waals surface area contributed by atoms with Crippen molar-refractivity contribution < 1.29 is 14.3 Å². The van der Waals surface area contributed by atoms with Crippen LogP contribution in [0.4, 0.5) is 0 Å². The number of hydrogen-bond donors (Lipinski definition) is 0. The van der Waals surface area contributed by atoms with Crippen LogP contribution in [0.1, 0.15) is 29.4 Å². The van der Waals surface area contributed by atoms with E-state index in [-0.39, 0.29) is 0 Å². The summed E-state index contributed by atoms with van der Waals surface area (Å²) in [5.74, 6) is 0.993. The largest absolute Gasteiger partial charge is 0.496 e. The number of imidazole rings is 1. The van der Waals surface area contributed by atoms with Gasteiger partial charge in [-0.25, -0.2) is 9.78 Å². The highest BCUT2D eigenvalue weighted by Crippen LogP contribution is 2.24. The summed E-state index contributed by atoms with van der Waals surface area (Å²) >= 11 is 0. The molecule has 0 amide bonds. The van der Waals surface area contributed by atoms with Gasteiger partial charge in [-0.05, 0) is 48.7 Å². The van der Waals surface area contributed by atoms with Crippen molar-refractivity contribution in [2.24, 2.45) is 0 Å². The lowest BCUT2D eigenvalue weighted by Gasteiger charge is -2.12. The van der Waals surface area contributed by atoms with E-state index in [9.17, 15) is 4.79 Å². The van der Waals surface area contributed by atoms with Crippen LogP contribution in [0.5, 0.6) is 5.75 Å². The van der Waals surface area contributed by atoms with E-state index in [4.69, 9.17) is 9.47 Å². The molecule has 0 unspecified atom stereocenters. The minimum Gasteiger partial charge on any atom is -0.496 e. The van der Waals surface area contributed by atoms with Crippen molar-refractivity contribution in [3.05, 3.63) is 83.4 Å². The molecule has 5 nitrogen and oxygen atoms in total. The molecule has 0 saturated heterocycles. The van der Waals surface area contributed by atoms with Gasteiger partial charge in [0, 0.05) is 18.9 Å². The fourth-order valence-electron chi connectivity index (χ4n) is 3.04. The van der Waals surface area contributed by atoms with Gasteiger partial charge in [0.1, 0.15) is 17.1 Å². The molecule has 3 aromatic rings. The van der Waals surface area contributed by atoms with Gasteiger partial charge in [0.25, 0.3) is 0 Å². The molecule has 0 fully saturated rings. The number of aromatic nitrogens is 2. The Kier molecular flexibility index (Phi) is 6.27. The lowest BCUT2D eigenvalue weighted by molar-refractivity contribution is -0.136. The van der Waals surface area contributed by atoms with Crippen molar-refractivity contribution >= 4 is 17.6 Å². The molecule has 5 heteroatoms. The van der Waals surface area contributed by atoms with Gasteiger partial charge in [-0.2, -0.15) is 0 Å². The minimum atomic E-state index is -0.392. The van der Waals surface area contributed by atoms with Crippen LogP contribution in [-0.2, 0) is 16.1 Å². The summed E-state index contributed by atoms with van der Waals surface area (Å²) in [6.07, 6.45) is 5.38. The van der Waals surface area contributed by atoms with Crippen molar-refractivity contribution in [1.29, 1.82) is 0 Å². The molecule has 0 atom stereocenters. The van der Waals surface area contributed by atoms with Crippen LogP contribution in [0.15, 0.2) is 60.9 Å². The zero-order valence-corrected chi connectivity index (χ0v) is 16.4. The summed E-state index contributed by atoms with van der Waals surface area (Å²) in [4.78, 5) is 17.1. The lowest BCUT2D eigenvalue weighted by atomic mass is 10.1. The third-order valence-corrected chi connectivity index (χ3v) is 4.38. The number of methoxy groups -OCH3 is 1. The van der Waals surface area contributed by atoms with Gasteiger partial charge < -0.3 is 14.0 Å². The Bertz CT molecular complexity index is 975. The Hall–Kier alpha value is -3.34. The van der Waals surface area contributed by atoms with E-state index in [0.29, 0.717) is 24.5 Å². The van der Waals surface area contributed by atoms with Crippen molar-refractivity contribution in [2.45, 2.75) is 20.4 Å². The average Bonchev–Trinajstić information content (AvgIpc) is 3.15. The number of carbonyl (C=O) groups excluding carboxylic acids is 1. The van der Waals surface area contributed by atoms with E-state index >= 15 is 0 Å². The molecule has 2 aromatic carbocycles. The maximum absolute atomic E-state index is 12.7. The van der Waals surface area contributed by atoms with Crippen LogP contribution < -0.4 is 4.74 Å². The van der Waals surface area contributed by atoms with Crippen LogP contribution in [0, 0.1) is 6.92 Å². The molecular weight excluding hydrogens is 352 g/mol. The first kappa shape index (κ1) is 19.4. The molecule has 3 rings (SSSR count). The highest BCUT2D eigenvalue weighted by Gasteiger charge is 2.19. The summed E-state index contributed by atoms with van der Waals surface area (Å²) in [6, 6.07) is 15.8. The van der Waals surface area contributed by atoms with Crippen molar-refractivity contribution in [3.63, 3.8) is 0 Å². The van der Waals surface area contributed by atoms with Gasteiger partial charge in [-0.1, -0.05) is 36.4 Å². The standard InChI is InChI=1S/C23H24N2O3/c1-4-28-23(26)20(15-19-10-11-21(27-3)17(2)14-19)22-24-12-13-25(22)16-18-8-6-5-7-9-18/h5-15H,4,16H2,1-3H3. The predicted octanol–water partition coefficient (Wildman–Crippen LogP) is 4.35. The molecule has 1 heterocycles. The van der Waals surface area contributed by atoms with Crippen molar-refractivity contribution in [3.8, 4) is 5.75 Å². The molecular formula is C23H24N2O3. The average molecular weight is 376 g/mol. The van der Waals surface area contributed by atoms with Gasteiger partial charge in [-0.15, -0.1) is 0 Å². The Labute approximate surface area is 165 Å². The second-order valence-corrected chi connectivity index (χ2v) is 6.37. The summed E-state index contributed by atoms with van der Waals surface area (Å²) in [5, 5.41) is 0. The third kappa shape index (κ3) is 4.49. The first-order valence-corrected chi connectivity index (χ1v) is 9.21. The lowest BCUT2D eigenvalue weighted by Crippen LogP contribution is -2.12. The number of rotatable bonds is 7. The predicted molar refractivity (Wildman–Crippen MR) is 110 cm³/mol. The smallest absolute Gasteiger partial charge is 0.341 e. The van der Waals surface area contributed by atoms with E-state index in [1.54, 1.807) is 20.2 Å². The molecule has 0 spiro atoms. The van der Waals surface area contributed by atoms with E-state index in [0.717, 1.165) is 22.4 Å². The number of esters is 1. The molecule has 0 radical (unpaired) electrons. The number of benzene rings is 2. The Balaban J connectivity index is 2.01. The van der Waals surface area contributed by atoms with Crippen molar-refractivity contribution in [1.82, 2.24) is 9.55 Å². The zero-order chi connectivity index (χ0) is 19.9. The monoisotopic (exact) mass is 376 g/mol. The van der Waals surface area contributed by atoms with Crippen molar-refractivity contribution in [2.75, 3.05) is 13.7 Å². The Morgan fingerprint density at radius 2 is 1.96 bits per heavy atom. The summed E-state index contributed by atoms with van der Waals surface area (Å²) in [7, 11) is 1.64. The summed E-state index contributed by atoms with van der Waals surface area (Å²) in [6.45, 7) is 4.69. The number of hydrogen-bond acceptors (Lipinski definition) is 4. The Morgan fingerprint density at radius 3 is 2.64 bits per heavy atom. The van der Waals surface area contributed by atoms with E-state index in [1.165, 1.54) is 0 Å². The maximum atomic E-state index is 12.7. The summed E-state index contributed by atoms with van der Waals surface area (Å²) in [5.41, 5.74) is 3.43. The van der Waals surface area contributed by atoms with Crippen LogP contribution >= 0.6 is 0 Å². The van der Waals surface area contributed by atoms with Crippen LogP contribution in [0.25, 0.3) is 11.6 Å². The molecule has 0 aliphatic carbocycles. The summed E-state index contributed by atoms with van der Waals surface area (Å²) < 4.78 is 12.6. The molecule has 1 aromatic heterocycles. The van der Waals surface area contributed by atoms with Crippen LogP contribution in [-0.4, -0.2) is 29.2 Å². The van der Waals surface area contributed by atoms with E-state index < -0.39 is 5.97 Å². The number of carbonyl (C=O) groups is 1. The number of ether oxygens (including phenoxy) is 2. The Morgan fingerprint density at radius 1 is 1.18 bits per heavy atom. The molecule has 144 valence electrons.